The number of benzene rings is 1. The van der Waals surface area contributed by atoms with Gasteiger partial charge in [-0.25, -0.2) is 13.6 Å². The van der Waals surface area contributed by atoms with Crippen molar-refractivity contribution in [1.29, 1.82) is 5.26 Å². The molecule has 0 unspecified atom stereocenters. The first-order valence-corrected chi connectivity index (χ1v) is 4.77. The smallest absolute Gasteiger partial charge is 0.335 e. The van der Waals surface area contributed by atoms with Gasteiger partial charge in [-0.3, -0.25) is 0 Å². The predicted molar refractivity (Wildman–Crippen MR) is 56.8 cm³/mol. The van der Waals surface area contributed by atoms with Crippen LogP contribution in [0.5, 0.6) is 0 Å². The Morgan fingerprint density at radius 3 is 2.41 bits per heavy atom. The van der Waals surface area contributed by atoms with Gasteiger partial charge in [0.15, 0.2) is 0 Å². The number of carboxylic acids is 1. The average molecular weight is 240 g/mol. The van der Waals surface area contributed by atoms with Crippen LogP contribution in [0.1, 0.15) is 16.8 Å². The molecule has 0 saturated heterocycles. The summed E-state index contributed by atoms with van der Waals surface area (Å²) in [5, 5.41) is 17.0. The summed E-state index contributed by atoms with van der Waals surface area (Å²) in [4.78, 5) is 11.8. The molecule has 0 aliphatic heterocycles. The monoisotopic (exact) mass is 240 g/mol. The lowest BCUT2D eigenvalue weighted by atomic mass is 10.1. The van der Waals surface area contributed by atoms with Crippen LogP contribution < -0.4 is 4.90 Å². The molecule has 0 saturated carbocycles. The van der Waals surface area contributed by atoms with E-state index in [1.807, 2.05) is 6.07 Å². The van der Waals surface area contributed by atoms with Gasteiger partial charge in [-0.2, -0.15) is 5.26 Å². The molecule has 1 N–H and O–H groups in total. The second-order valence-corrected chi connectivity index (χ2v) is 3.42. The second-order valence-electron chi connectivity index (χ2n) is 3.42. The van der Waals surface area contributed by atoms with E-state index in [1.54, 1.807) is 0 Å². The number of carbonyl (C=O) groups is 1. The molecule has 0 amide bonds. The largest absolute Gasteiger partial charge is 0.478 e. The van der Waals surface area contributed by atoms with E-state index in [4.69, 9.17) is 10.4 Å². The Morgan fingerprint density at radius 2 is 2.00 bits per heavy atom. The van der Waals surface area contributed by atoms with Gasteiger partial charge in [0.25, 0.3) is 0 Å². The van der Waals surface area contributed by atoms with Gasteiger partial charge in [0.05, 0.1) is 18.1 Å². The molecule has 90 valence electrons. The molecule has 0 heterocycles. The van der Waals surface area contributed by atoms with Crippen molar-refractivity contribution in [2.24, 2.45) is 0 Å². The highest BCUT2D eigenvalue weighted by atomic mass is 19.1. The minimum atomic E-state index is -1.39. The lowest BCUT2D eigenvalue weighted by Crippen LogP contribution is -2.21. The zero-order valence-electron chi connectivity index (χ0n) is 9.07. The molecule has 0 bridgehead atoms. The van der Waals surface area contributed by atoms with Gasteiger partial charge < -0.3 is 10.0 Å². The summed E-state index contributed by atoms with van der Waals surface area (Å²) in [5.41, 5.74) is -0.775. The van der Waals surface area contributed by atoms with Crippen molar-refractivity contribution in [2.75, 3.05) is 18.5 Å². The van der Waals surface area contributed by atoms with Crippen molar-refractivity contribution in [1.82, 2.24) is 0 Å². The van der Waals surface area contributed by atoms with E-state index in [0.29, 0.717) is 0 Å². The minimum Gasteiger partial charge on any atom is -0.478 e. The van der Waals surface area contributed by atoms with Gasteiger partial charge in [-0.15, -0.1) is 0 Å². The first kappa shape index (κ1) is 12.9. The van der Waals surface area contributed by atoms with Crippen LogP contribution in [0.4, 0.5) is 14.5 Å². The third kappa shape index (κ3) is 2.91. The molecular formula is C11H10F2N2O2. The Morgan fingerprint density at radius 1 is 1.47 bits per heavy atom. The Bertz CT molecular complexity index is 460. The van der Waals surface area contributed by atoms with Crippen molar-refractivity contribution in [2.45, 2.75) is 6.42 Å². The van der Waals surface area contributed by atoms with E-state index >= 15 is 0 Å². The first-order chi connectivity index (χ1) is 7.97. The molecule has 0 aromatic heterocycles. The number of hydrogen-bond donors (Lipinski definition) is 1. The molecular weight excluding hydrogens is 230 g/mol. The van der Waals surface area contributed by atoms with Gasteiger partial charge in [0, 0.05) is 13.6 Å². The van der Waals surface area contributed by atoms with E-state index in [1.165, 1.54) is 11.9 Å². The quantitative estimate of drug-likeness (QED) is 0.874. The van der Waals surface area contributed by atoms with Crippen molar-refractivity contribution in [3.8, 4) is 6.07 Å². The van der Waals surface area contributed by atoms with Gasteiger partial charge in [0.2, 0.25) is 0 Å². The topological polar surface area (TPSA) is 64.3 Å². The molecule has 17 heavy (non-hydrogen) atoms. The van der Waals surface area contributed by atoms with Crippen LogP contribution in [0, 0.1) is 23.0 Å². The number of nitrogens with zero attached hydrogens (tertiary/aromatic N) is 2. The Hall–Kier alpha value is -2.16. The zero-order valence-corrected chi connectivity index (χ0v) is 9.07. The Balaban J connectivity index is 3.10. The number of nitriles is 1. The van der Waals surface area contributed by atoms with Gasteiger partial charge in [-0.1, -0.05) is 0 Å². The molecule has 1 rings (SSSR count). The van der Waals surface area contributed by atoms with E-state index in [0.717, 1.165) is 12.1 Å². The fourth-order valence-electron chi connectivity index (χ4n) is 1.38. The Kier molecular flexibility index (Phi) is 3.99. The highest BCUT2D eigenvalue weighted by Gasteiger charge is 2.17. The number of carboxylic acid groups (broad SMARTS) is 1. The summed E-state index contributed by atoms with van der Waals surface area (Å²) >= 11 is 0. The molecule has 1 aromatic carbocycles. The van der Waals surface area contributed by atoms with Crippen LogP contribution in [-0.4, -0.2) is 24.7 Å². The summed E-state index contributed by atoms with van der Waals surface area (Å²) in [6, 6.07) is 3.36. The average Bonchev–Trinajstić information content (AvgIpc) is 2.25. The molecule has 0 spiro atoms. The summed E-state index contributed by atoms with van der Waals surface area (Å²) < 4.78 is 27.0. The number of anilines is 1. The van der Waals surface area contributed by atoms with Gasteiger partial charge >= 0.3 is 5.97 Å². The maximum Gasteiger partial charge on any atom is 0.335 e. The molecule has 1 aromatic rings. The zero-order chi connectivity index (χ0) is 13.0. The fourth-order valence-corrected chi connectivity index (χ4v) is 1.38. The summed E-state index contributed by atoms with van der Waals surface area (Å²) in [5.74, 6) is -3.31. The highest BCUT2D eigenvalue weighted by molar-refractivity contribution is 5.88. The van der Waals surface area contributed by atoms with Gasteiger partial charge in [-0.05, 0) is 12.1 Å². The number of halogens is 2. The van der Waals surface area contributed by atoms with Crippen LogP contribution in [0.25, 0.3) is 0 Å². The van der Waals surface area contributed by atoms with E-state index in [9.17, 15) is 13.6 Å². The highest BCUT2D eigenvalue weighted by Crippen LogP contribution is 2.24. The molecule has 0 radical (unpaired) electrons. The van der Waals surface area contributed by atoms with E-state index < -0.39 is 23.2 Å². The fraction of sp³-hybridized carbons (Fsp3) is 0.273. The number of aromatic carboxylic acids is 1. The number of hydrogen-bond acceptors (Lipinski definition) is 3. The minimum absolute atomic E-state index is 0.121. The maximum absolute atomic E-state index is 13.5. The normalized spacial score (nSPS) is 9.76. The first-order valence-electron chi connectivity index (χ1n) is 4.77. The van der Waals surface area contributed by atoms with Crippen molar-refractivity contribution in [3.05, 3.63) is 29.3 Å². The lowest BCUT2D eigenvalue weighted by Gasteiger charge is -2.19. The summed E-state index contributed by atoms with van der Waals surface area (Å²) in [7, 11) is 1.43. The molecule has 6 heteroatoms. The van der Waals surface area contributed by atoms with Crippen molar-refractivity contribution < 1.29 is 18.7 Å². The van der Waals surface area contributed by atoms with Crippen molar-refractivity contribution >= 4 is 11.7 Å². The van der Waals surface area contributed by atoms with Gasteiger partial charge in [0.1, 0.15) is 17.3 Å². The molecule has 0 aliphatic rings. The molecule has 0 fully saturated rings. The van der Waals surface area contributed by atoms with Crippen LogP contribution in [0.2, 0.25) is 0 Å². The number of rotatable bonds is 4. The SMILES string of the molecule is CN(CCC#N)c1c(F)cc(C(=O)O)cc1F. The summed E-state index contributed by atoms with van der Waals surface area (Å²) in [6.07, 6.45) is 0.121. The third-order valence-electron chi connectivity index (χ3n) is 2.20. The molecule has 4 nitrogen and oxygen atoms in total. The second kappa shape index (κ2) is 5.25. The molecule has 0 aliphatic carbocycles. The van der Waals surface area contributed by atoms with Crippen LogP contribution in [0.3, 0.4) is 0 Å². The van der Waals surface area contributed by atoms with E-state index in [-0.39, 0.29) is 18.7 Å². The van der Waals surface area contributed by atoms with Crippen LogP contribution in [-0.2, 0) is 0 Å². The van der Waals surface area contributed by atoms with E-state index in [2.05, 4.69) is 0 Å². The van der Waals surface area contributed by atoms with Crippen LogP contribution >= 0.6 is 0 Å². The molecule has 0 atom stereocenters. The maximum atomic E-state index is 13.5. The summed E-state index contributed by atoms with van der Waals surface area (Å²) in [6.45, 7) is 0.163. The lowest BCUT2D eigenvalue weighted by molar-refractivity contribution is 0.0696. The predicted octanol–water partition coefficient (Wildman–Crippen LogP) is 2.01. The third-order valence-corrected chi connectivity index (χ3v) is 2.20. The van der Waals surface area contributed by atoms with Crippen molar-refractivity contribution in [3.63, 3.8) is 0 Å². The Labute approximate surface area is 96.7 Å². The van der Waals surface area contributed by atoms with Crippen LogP contribution in [0.15, 0.2) is 12.1 Å². The standard InChI is InChI=1S/C11H10F2N2O2/c1-15(4-2-3-14)10-8(12)5-7(11(16)17)6-9(10)13/h5-6H,2,4H2,1H3,(H,16,17).